The van der Waals surface area contributed by atoms with Crippen molar-refractivity contribution in [2.24, 2.45) is 0 Å². The number of hydrogen-bond acceptors (Lipinski definition) is 4. The Labute approximate surface area is 264 Å². The van der Waals surface area contributed by atoms with Gasteiger partial charge in [0.25, 0.3) is 0 Å². The number of nitriles is 1. The minimum Gasteiger partial charge on any atom is -0.457 e. The van der Waals surface area contributed by atoms with Crippen LogP contribution in [0.1, 0.15) is 61.1 Å². The summed E-state index contributed by atoms with van der Waals surface area (Å²) in [5.41, 5.74) is 9.20. The van der Waals surface area contributed by atoms with E-state index in [0.717, 1.165) is 39.2 Å². The number of fused-ring (bicyclic) bond motifs is 9. The highest BCUT2D eigenvalue weighted by Crippen LogP contribution is 2.62. The maximum Gasteiger partial charge on any atom is 0.494 e. The lowest BCUT2D eigenvalue weighted by Gasteiger charge is -2.40. The molecular weight excluding hydrogens is 553 g/mol. The molecule has 4 nitrogen and oxygen atoms in total. The summed E-state index contributed by atoms with van der Waals surface area (Å²) in [5, 5.41) is 9.74. The van der Waals surface area contributed by atoms with Gasteiger partial charge in [-0.1, -0.05) is 72.7 Å². The molecule has 5 aromatic rings. The molecule has 45 heavy (non-hydrogen) atoms. The van der Waals surface area contributed by atoms with Crippen molar-refractivity contribution in [3.05, 3.63) is 137 Å². The molecule has 1 saturated heterocycles. The molecule has 0 saturated carbocycles. The van der Waals surface area contributed by atoms with Crippen molar-refractivity contribution in [3.63, 3.8) is 0 Å². The summed E-state index contributed by atoms with van der Waals surface area (Å²) in [6.07, 6.45) is 5.78. The van der Waals surface area contributed by atoms with Crippen LogP contribution in [0.2, 0.25) is 0 Å². The summed E-state index contributed by atoms with van der Waals surface area (Å²) in [4.78, 5) is 0. The number of ether oxygens (including phenoxy) is 1. The molecule has 3 aliphatic rings. The molecule has 8 rings (SSSR count). The molecule has 216 valence electrons. The fourth-order valence-corrected chi connectivity index (χ4v) is 7.17. The minimum atomic E-state index is -0.673. The molecule has 1 aliphatic carbocycles. The zero-order chi connectivity index (χ0) is 31.1. The van der Waals surface area contributed by atoms with Crippen molar-refractivity contribution in [2.45, 2.75) is 44.3 Å². The van der Waals surface area contributed by atoms with Crippen LogP contribution < -0.4 is 10.2 Å². The first-order valence-corrected chi connectivity index (χ1v) is 15.2. The Bertz CT molecular complexity index is 2050. The van der Waals surface area contributed by atoms with Gasteiger partial charge in [0.05, 0.1) is 28.2 Å². The average Bonchev–Trinajstić information content (AvgIpc) is 3.47. The lowest BCUT2D eigenvalue weighted by Crippen LogP contribution is -2.41. The van der Waals surface area contributed by atoms with Crippen LogP contribution in [-0.2, 0) is 14.7 Å². The van der Waals surface area contributed by atoms with Gasteiger partial charge in [0.1, 0.15) is 11.5 Å². The second-order valence-electron chi connectivity index (χ2n) is 13.1. The molecule has 0 N–H and O–H groups in total. The maximum atomic E-state index is 9.74. The van der Waals surface area contributed by atoms with Crippen LogP contribution in [0.15, 0.2) is 103 Å². The first-order valence-electron chi connectivity index (χ1n) is 15.2. The number of hydrogen-bond donors (Lipinski definition) is 0. The molecule has 0 aromatic heterocycles. The van der Waals surface area contributed by atoms with Gasteiger partial charge in [0.2, 0.25) is 0 Å². The van der Waals surface area contributed by atoms with E-state index in [0.29, 0.717) is 11.1 Å². The Morgan fingerprint density at radius 2 is 1.20 bits per heavy atom. The van der Waals surface area contributed by atoms with Gasteiger partial charge in [0, 0.05) is 16.7 Å². The molecule has 5 heteroatoms. The van der Waals surface area contributed by atoms with Gasteiger partial charge in [-0.3, -0.25) is 0 Å². The topological polar surface area (TPSA) is 51.5 Å². The molecular formula is C40H30BNO3. The fraction of sp³-hybridized carbons (Fsp3) is 0.175. The summed E-state index contributed by atoms with van der Waals surface area (Å²) >= 11 is 0. The standard InChI is InChI=1S/C40H30BNO3/c1-6-25-19-26(24-42)21-28(20-25)27-15-17-36-34(22-27)40(32-13-9-7-11-30(32)31-12-8-10-14-33(31)40)35-23-29(16-18-37(35)43-36)41-44-38(2,3)39(4,5)45-41/h1,7-23H,2-5H3. The highest BCUT2D eigenvalue weighted by atomic mass is 16.7. The SMILES string of the molecule is C#Cc1cc(C#N)cc(-c2ccc3c(c2)C2(c4cc(B5OC(C)(C)C(C)(C)O5)ccc4O3)c3ccccc3-c3ccccc32)c1. The lowest BCUT2D eigenvalue weighted by atomic mass is 9.64. The van der Waals surface area contributed by atoms with Gasteiger partial charge in [0.15, 0.2) is 0 Å². The van der Waals surface area contributed by atoms with E-state index in [-0.39, 0.29) is 0 Å². The van der Waals surface area contributed by atoms with E-state index in [4.69, 9.17) is 20.5 Å². The minimum absolute atomic E-state index is 0.467. The number of terminal acetylenes is 1. The fourth-order valence-electron chi connectivity index (χ4n) is 7.17. The van der Waals surface area contributed by atoms with Crippen LogP contribution >= 0.6 is 0 Å². The summed E-state index contributed by atoms with van der Waals surface area (Å²) in [6, 6.07) is 37.7. The van der Waals surface area contributed by atoms with E-state index in [9.17, 15) is 5.26 Å². The number of rotatable bonds is 2. The molecule has 0 bridgehead atoms. The van der Waals surface area contributed by atoms with Crippen molar-refractivity contribution in [2.75, 3.05) is 0 Å². The predicted octanol–water partition coefficient (Wildman–Crippen LogP) is 7.97. The summed E-state index contributed by atoms with van der Waals surface area (Å²) in [5.74, 6) is 4.29. The Morgan fingerprint density at radius 1 is 0.622 bits per heavy atom. The van der Waals surface area contributed by atoms with Gasteiger partial charge in [-0.15, -0.1) is 6.42 Å². The normalized spacial score (nSPS) is 17.3. The summed E-state index contributed by atoms with van der Waals surface area (Å²) in [7, 11) is -0.520. The van der Waals surface area contributed by atoms with E-state index in [1.807, 2.05) is 30.3 Å². The quantitative estimate of drug-likeness (QED) is 0.153. The summed E-state index contributed by atoms with van der Waals surface area (Å²) < 4.78 is 19.7. The van der Waals surface area contributed by atoms with E-state index in [1.54, 1.807) is 6.07 Å². The molecule has 2 heterocycles. The zero-order valence-corrected chi connectivity index (χ0v) is 25.6. The second kappa shape index (κ2) is 9.47. The Morgan fingerprint density at radius 3 is 1.82 bits per heavy atom. The van der Waals surface area contributed by atoms with E-state index in [2.05, 4.69) is 106 Å². The van der Waals surface area contributed by atoms with Crippen molar-refractivity contribution in [3.8, 4) is 52.2 Å². The highest BCUT2D eigenvalue weighted by Gasteiger charge is 2.54. The van der Waals surface area contributed by atoms with Gasteiger partial charge in [-0.2, -0.15) is 5.26 Å². The third kappa shape index (κ3) is 3.82. The van der Waals surface area contributed by atoms with Crippen LogP contribution in [-0.4, -0.2) is 18.3 Å². The Hall–Kier alpha value is -5.07. The maximum absolute atomic E-state index is 9.74. The highest BCUT2D eigenvalue weighted by molar-refractivity contribution is 6.62. The van der Waals surface area contributed by atoms with Crippen molar-refractivity contribution >= 4 is 12.6 Å². The van der Waals surface area contributed by atoms with E-state index < -0.39 is 23.7 Å². The molecule has 0 radical (unpaired) electrons. The first kappa shape index (κ1) is 27.5. The molecule has 0 amide bonds. The van der Waals surface area contributed by atoms with Crippen LogP contribution in [0.4, 0.5) is 0 Å². The average molecular weight is 583 g/mol. The molecule has 2 aliphatic heterocycles. The molecule has 1 spiro atoms. The number of benzene rings is 5. The number of nitrogens with zero attached hydrogens (tertiary/aromatic N) is 1. The van der Waals surface area contributed by atoms with Gasteiger partial charge < -0.3 is 14.0 Å². The molecule has 0 atom stereocenters. The van der Waals surface area contributed by atoms with Crippen LogP contribution in [0.25, 0.3) is 22.3 Å². The monoisotopic (exact) mass is 583 g/mol. The summed E-state index contributed by atoms with van der Waals surface area (Å²) in [6.45, 7) is 8.29. The largest absolute Gasteiger partial charge is 0.494 e. The zero-order valence-electron chi connectivity index (χ0n) is 25.6. The van der Waals surface area contributed by atoms with Crippen LogP contribution in [0.5, 0.6) is 11.5 Å². The molecule has 1 fully saturated rings. The van der Waals surface area contributed by atoms with Crippen molar-refractivity contribution in [1.82, 2.24) is 0 Å². The van der Waals surface area contributed by atoms with Gasteiger partial charge in [-0.25, -0.2) is 0 Å². The lowest BCUT2D eigenvalue weighted by molar-refractivity contribution is 0.00578. The molecule has 0 unspecified atom stereocenters. The Balaban J connectivity index is 1.42. The van der Waals surface area contributed by atoms with Crippen LogP contribution in [0.3, 0.4) is 0 Å². The third-order valence-corrected chi connectivity index (χ3v) is 10.1. The van der Waals surface area contributed by atoms with E-state index in [1.165, 1.54) is 22.3 Å². The third-order valence-electron chi connectivity index (χ3n) is 10.1. The second-order valence-corrected chi connectivity index (χ2v) is 13.1. The van der Waals surface area contributed by atoms with Gasteiger partial charge in [-0.05, 0) is 103 Å². The Kier molecular flexibility index (Phi) is 5.78. The van der Waals surface area contributed by atoms with E-state index >= 15 is 0 Å². The first-order chi connectivity index (χ1) is 21.7. The van der Waals surface area contributed by atoms with Crippen LogP contribution in [0, 0.1) is 23.7 Å². The smallest absolute Gasteiger partial charge is 0.457 e. The predicted molar refractivity (Wildman–Crippen MR) is 178 cm³/mol. The van der Waals surface area contributed by atoms with Crippen molar-refractivity contribution < 1.29 is 14.0 Å². The molecule has 5 aromatic carbocycles. The van der Waals surface area contributed by atoms with Crippen molar-refractivity contribution in [1.29, 1.82) is 5.26 Å². The van der Waals surface area contributed by atoms with Gasteiger partial charge >= 0.3 is 7.12 Å².